The predicted molar refractivity (Wildman–Crippen MR) is 99.7 cm³/mol. The molecule has 5 rings (SSSR count). The number of rotatable bonds is 4. The van der Waals surface area contributed by atoms with Gasteiger partial charge in [0.1, 0.15) is 23.5 Å². The number of fused-ring (bicyclic) bond motifs is 3. The first-order chi connectivity index (χ1) is 12.9. The molecule has 1 aromatic carbocycles. The smallest absolute Gasteiger partial charge is 0.226 e. The van der Waals surface area contributed by atoms with Gasteiger partial charge in [-0.2, -0.15) is 0 Å². The van der Waals surface area contributed by atoms with E-state index in [-0.39, 0.29) is 0 Å². The van der Waals surface area contributed by atoms with Crippen molar-refractivity contribution in [2.75, 3.05) is 0 Å². The molecule has 0 radical (unpaired) electrons. The SMILES string of the molecule is c1ccc(-n2cc(COc3ncnc4sc5c(c34)CCCC5)nn2)cc1. The van der Waals surface area contributed by atoms with Gasteiger partial charge in [-0.25, -0.2) is 14.6 Å². The van der Waals surface area contributed by atoms with Crippen molar-refractivity contribution in [3.8, 4) is 11.6 Å². The van der Waals surface area contributed by atoms with Crippen LogP contribution >= 0.6 is 11.3 Å². The minimum atomic E-state index is 0.337. The average molecular weight is 363 g/mol. The van der Waals surface area contributed by atoms with Gasteiger partial charge < -0.3 is 4.74 Å². The van der Waals surface area contributed by atoms with Crippen LogP contribution in [0.5, 0.6) is 5.88 Å². The van der Waals surface area contributed by atoms with E-state index < -0.39 is 0 Å². The lowest BCUT2D eigenvalue weighted by Crippen LogP contribution is -2.02. The standard InChI is InChI=1S/C19H17N5OS/c1-2-6-14(7-3-1)24-10-13(22-23-24)11-25-18-17-15-8-4-5-9-16(15)26-19(17)21-12-20-18/h1-3,6-7,10,12H,4-5,8-9,11H2. The summed E-state index contributed by atoms with van der Waals surface area (Å²) in [4.78, 5) is 11.3. The molecule has 0 amide bonds. The minimum Gasteiger partial charge on any atom is -0.470 e. The van der Waals surface area contributed by atoms with E-state index in [1.54, 1.807) is 22.3 Å². The third kappa shape index (κ3) is 2.74. The molecule has 0 unspecified atom stereocenters. The normalized spacial score (nSPS) is 13.7. The van der Waals surface area contributed by atoms with E-state index in [1.165, 1.54) is 23.3 Å². The Kier molecular flexibility index (Phi) is 3.86. The molecule has 1 aliphatic carbocycles. The highest BCUT2D eigenvalue weighted by atomic mass is 32.1. The van der Waals surface area contributed by atoms with E-state index in [9.17, 15) is 0 Å². The molecule has 26 heavy (non-hydrogen) atoms. The molecule has 0 N–H and O–H groups in total. The number of aromatic nitrogens is 5. The fourth-order valence-electron chi connectivity index (χ4n) is 3.38. The average Bonchev–Trinajstić information content (AvgIpc) is 3.32. The van der Waals surface area contributed by atoms with Gasteiger partial charge in [-0.05, 0) is 43.4 Å². The van der Waals surface area contributed by atoms with Gasteiger partial charge in [0, 0.05) is 4.88 Å². The quantitative estimate of drug-likeness (QED) is 0.553. The van der Waals surface area contributed by atoms with Crippen molar-refractivity contribution in [3.63, 3.8) is 0 Å². The maximum Gasteiger partial charge on any atom is 0.226 e. The van der Waals surface area contributed by atoms with Gasteiger partial charge >= 0.3 is 0 Å². The highest BCUT2D eigenvalue weighted by molar-refractivity contribution is 7.18. The van der Waals surface area contributed by atoms with Crippen LogP contribution in [0.1, 0.15) is 29.0 Å². The van der Waals surface area contributed by atoms with Crippen LogP contribution in [-0.2, 0) is 19.4 Å². The van der Waals surface area contributed by atoms with Crippen LogP contribution < -0.4 is 4.74 Å². The van der Waals surface area contributed by atoms with Crippen LogP contribution in [-0.4, -0.2) is 25.0 Å². The van der Waals surface area contributed by atoms with Gasteiger partial charge in [0.25, 0.3) is 0 Å². The van der Waals surface area contributed by atoms with Crippen molar-refractivity contribution < 1.29 is 4.74 Å². The van der Waals surface area contributed by atoms with E-state index in [4.69, 9.17) is 4.74 Å². The van der Waals surface area contributed by atoms with Crippen molar-refractivity contribution in [2.24, 2.45) is 0 Å². The molecule has 130 valence electrons. The van der Waals surface area contributed by atoms with Crippen molar-refractivity contribution in [1.82, 2.24) is 25.0 Å². The molecular weight excluding hydrogens is 346 g/mol. The molecule has 3 aromatic heterocycles. The second-order valence-corrected chi connectivity index (χ2v) is 7.43. The van der Waals surface area contributed by atoms with Crippen molar-refractivity contribution >= 4 is 21.6 Å². The highest BCUT2D eigenvalue weighted by Crippen LogP contribution is 2.39. The van der Waals surface area contributed by atoms with E-state index in [0.717, 1.165) is 34.4 Å². The number of nitrogens with zero attached hydrogens (tertiary/aromatic N) is 5. The fraction of sp³-hybridized carbons (Fsp3) is 0.263. The number of ether oxygens (including phenoxy) is 1. The number of aryl methyl sites for hydroxylation is 2. The second kappa shape index (κ2) is 6.49. The molecular formula is C19H17N5OS. The summed E-state index contributed by atoms with van der Waals surface area (Å²) >= 11 is 1.77. The summed E-state index contributed by atoms with van der Waals surface area (Å²) < 4.78 is 7.77. The first-order valence-corrected chi connectivity index (χ1v) is 9.55. The van der Waals surface area contributed by atoms with E-state index in [0.29, 0.717) is 12.5 Å². The maximum absolute atomic E-state index is 6.02. The monoisotopic (exact) mass is 363 g/mol. The minimum absolute atomic E-state index is 0.337. The summed E-state index contributed by atoms with van der Waals surface area (Å²) in [6.07, 6.45) is 8.17. The van der Waals surface area contributed by atoms with E-state index in [2.05, 4.69) is 20.3 Å². The van der Waals surface area contributed by atoms with Gasteiger partial charge in [0.05, 0.1) is 17.3 Å². The van der Waals surface area contributed by atoms with Crippen LogP contribution in [0.25, 0.3) is 15.9 Å². The zero-order valence-electron chi connectivity index (χ0n) is 14.1. The number of hydrogen-bond acceptors (Lipinski definition) is 6. The summed E-state index contributed by atoms with van der Waals surface area (Å²) in [5, 5.41) is 9.47. The zero-order chi connectivity index (χ0) is 17.3. The van der Waals surface area contributed by atoms with Crippen LogP contribution in [0.4, 0.5) is 0 Å². The molecule has 7 heteroatoms. The lowest BCUT2D eigenvalue weighted by molar-refractivity contribution is 0.292. The third-order valence-corrected chi connectivity index (χ3v) is 5.83. The van der Waals surface area contributed by atoms with Gasteiger partial charge in [0.15, 0.2) is 0 Å². The van der Waals surface area contributed by atoms with Crippen molar-refractivity contribution in [1.29, 1.82) is 0 Å². The summed E-state index contributed by atoms with van der Waals surface area (Å²) in [6.45, 7) is 0.337. The molecule has 0 saturated heterocycles. The van der Waals surface area contributed by atoms with Crippen molar-refractivity contribution in [2.45, 2.75) is 32.3 Å². The topological polar surface area (TPSA) is 65.7 Å². The number of hydrogen-bond donors (Lipinski definition) is 0. The summed E-state index contributed by atoms with van der Waals surface area (Å²) in [5.41, 5.74) is 3.12. The Labute approximate surface area is 154 Å². The molecule has 0 aliphatic heterocycles. The summed E-state index contributed by atoms with van der Waals surface area (Å²) in [7, 11) is 0. The second-order valence-electron chi connectivity index (χ2n) is 6.35. The Morgan fingerprint density at radius 1 is 1.08 bits per heavy atom. The molecule has 0 bridgehead atoms. The first-order valence-electron chi connectivity index (χ1n) is 8.73. The third-order valence-electron chi connectivity index (χ3n) is 4.63. The largest absolute Gasteiger partial charge is 0.470 e. The number of benzene rings is 1. The molecule has 0 spiro atoms. The lowest BCUT2D eigenvalue weighted by Gasteiger charge is -2.11. The zero-order valence-corrected chi connectivity index (χ0v) is 14.9. The van der Waals surface area contributed by atoms with Gasteiger partial charge in [0.2, 0.25) is 5.88 Å². The van der Waals surface area contributed by atoms with Gasteiger partial charge in [-0.1, -0.05) is 23.4 Å². The summed E-state index contributed by atoms with van der Waals surface area (Å²) in [5.74, 6) is 0.656. The molecule has 0 atom stereocenters. The molecule has 0 fully saturated rings. The Morgan fingerprint density at radius 3 is 2.88 bits per heavy atom. The Morgan fingerprint density at radius 2 is 1.96 bits per heavy atom. The van der Waals surface area contributed by atoms with Crippen LogP contribution in [0.3, 0.4) is 0 Å². The van der Waals surface area contributed by atoms with Gasteiger partial charge in [-0.15, -0.1) is 16.4 Å². The Hall–Kier alpha value is -2.80. The predicted octanol–water partition coefficient (Wildman–Crippen LogP) is 3.73. The molecule has 4 aromatic rings. The molecule has 3 heterocycles. The summed E-state index contributed by atoms with van der Waals surface area (Å²) in [6, 6.07) is 9.91. The molecule has 1 aliphatic rings. The van der Waals surface area contributed by atoms with E-state index in [1.807, 2.05) is 36.5 Å². The van der Waals surface area contributed by atoms with E-state index >= 15 is 0 Å². The number of para-hydroxylation sites is 1. The van der Waals surface area contributed by atoms with Gasteiger partial charge in [-0.3, -0.25) is 0 Å². The highest BCUT2D eigenvalue weighted by Gasteiger charge is 2.20. The Balaban J connectivity index is 1.41. The maximum atomic E-state index is 6.02. The van der Waals surface area contributed by atoms with Crippen LogP contribution in [0, 0.1) is 0 Å². The van der Waals surface area contributed by atoms with Crippen LogP contribution in [0.2, 0.25) is 0 Å². The molecule has 6 nitrogen and oxygen atoms in total. The number of thiophene rings is 1. The fourth-order valence-corrected chi connectivity index (χ4v) is 4.60. The molecule has 0 saturated carbocycles. The first kappa shape index (κ1) is 15.5. The van der Waals surface area contributed by atoms with Crippen molar-refractivity contribution in [3.05, 3.63) is 59.0 Å². The Bertz CT molecular complexity index is 1060. The lowest BCUT2D eigenvalue weighted by atomic mass is 9.97. The van der Waals surface area contributed by atoms with Crippen LogP contribution in [0.15, 0.2) is 42.9 Å².